The van der Waals surface area contributed by atoms with Crippen LogP contribution < -0.4 is 0 Å². The minimum atomic E-state index is -1.02. The normalized spacial score (nSPS) is 10.7. The van der Waals surface area contributed by atoms with Crippen molar-refractivity contribution >= 4 is 40.8 Å². The van der Waals surface area contributed by atoms with E-state index >= 15 is 0 Å². The Kier molecular flexibility index (Phi) is 5.75. The molecule has 0 spiro atoms. The van der Waals surface area contributed by atoms with Crippen molar-refractivity contribution in [3.05, 3.63) is 58.7 Å². The molecule has 3 aromatic heterocycles. The fraction of sp³-hybridized carbons (Fsp3) is 0.118. The largest absolute Gasteiger partial charge is 0.465 e. The molecule has 0 unspecified atom stereocenters. The van der Waals surface area contributed by atoms with Crippen molar-refractivity contribution in [2.75, 3.05) is 7.05 Å². The van der Waals surface area contributed by atoms with E-state index in [1.54, 1.807) is 30.5 Å². The van der Waals surface area contributed by atoms with Gasteiger partial charge in [0.05, 0.1) is 10.8 Å². The first kappa shape index (κ1) is 18.6. The molecule has 0 bridgehead atoms. The Morgan fingerprint density at radius 2 is 2.15 bits per heavy atom. The number of carbonyl (C=O) groups is 1. The Hall–Kier alpha value is -2.16. The molecular formula is C17H13ClFN3O2S2. The highest BCUT2D eigenvalue weighted by Gasteiger charge is 2.18. The summed E-state index contributed by atoms with van der Waals surface area (Å²) in [7, 11) is 1.49. The van der Waals surface area contributed by atoms with Gasteiger partial charge in [0.15, 0.2) is 0 Å². The van der Waals surface area contributed by atoms with Crippen LogP contribution in [0, 0.1) is 5.95 Å². The lowest BCUT2D eigenvalue weighted by molar-refractivity contribution is 0.154. The number of pyridine rings is 2. The first-order valence-corrected chi connectivity index (χ1v) is 9.42. The fourth-order valence-corrected chi connectivity index (χ4v) is 4.76. The number of aromatic nitrogens is 2. The summed E-state index contributed by atoms with van der Waals surface area (Å²) in [6, 6.07) is 8.62. The summed E-state index contributed by atoms with van der Waals surface area (Å²) in [5.74, 6) is -0.570. The third-order valence-electron chi connectivity index (χ3n) is 3.43. The number of carboxylic acid groups (broad SMARTS) is 1. The maximum atomic E-state index is 14.2. The summed E-state index contributed by atoms with van der Waals surface area (Å²) in [5, 5.41) is 9.47. The number of hydrogen-bond donors (Lipinski definition) is 1. The Morgan fingerprint density at radius 3 is 2.81 bits per heavy atom. The number of thiophene rings is 1. The lowest BCUT2D eigenvalue weighted by Gasteiger charge is -2.10. The van der Waals surface area contributed by atoms with Gasteiger partial charge in [-0.15, -0.1) is 11.3 Å². The van der Waals surface area contributed by atoms with Gasteiger partial charge < -0.3 is 10.0 Å². The summed E-state index contributed by atoms with van der Waals surface area (Å²) in [4.78, 5) is 21.7. The summed E-state index contributed by atoms with van der Waals surface area (Å²) in [6.45, 7) is 0.217. The molecule has 0 aliphatic heterocycles. The number of amides is 1. The van der Waals surface area contributed by atoms with Gasteiger partial charge in [0.1, 0.15) is 5.15 Å². The molecule has 9 heteroatoms. The summed E-state index contributed by atoms with van der Waals surface area (Å²) in [6.07, 6.45) is 2.00. The van der Waals surface area contributed by atoms with Crippen LogP contribution >= 0.6 is 34.7 Å². The zero-order chi connectivity index (χ0) is 18.7. The fourth-order valence-electron chi connectivity index (χ4n) is 2.18. The molecule has 0 saturated heterocycles. The SMILES string of the molecule is CN(Cc1cc(-c2cccnc2F)c(Sc2ccc(Cl)nc2)s1)C(=O)O. The van der Waals surface area contributed by atoms with Crippen LogP contribution in [0.15, 0.2) is 51.8 Å². The summed E-state index contributed by atoms with van der Waals surface area (Å²) < 4.78 is 15.0. The second kappa shape index (κ2) is 8.03. The first-order chi connectivity index (χ1) is 12.4. The van der Waals surface area contributed by atoms with E-state index in [2.05, 4.69) is 9.97 Å². The van der Waals surface area contributed by atoms with Crippen LogP contribution in [0.25, 0.3) is 11.1 Å². The van der Waals surface area contributed by atoms with Gasteiger partial charge in [-0.1, -0.05) is 23.4 Å². The number of rotatable bonds is 5. The molecule has 5 nitrogen and oxygen atoms in total. The minimum Gasteiger partial charge on any atom is -0.465 e. The lowest BCUT2D eigenvalue weighted by atomic mass is 10.1. The predicted octanol–water partition coefficient (Wildman–Crippen LogP) is 5.26. The molecule has 0 aromatic carbocycles. The van der Waals surface area contributed by atoms with Crippen LogP contribution in [0.3, 0.4) is 0 Å². The van der Waals surface area contributed by atoms with E-state index < -0.39 is 12.0 Å². The van der Waals surface area contributed by atoms with Crippen molar-refractivity contribution < 1.29 is 14.3 Å². The van der Waals surface area contributed by atoms with Crippen molar-refractivity contribution in [2.45, 2.75) is 15.6 Å². The summed E-state index contributed by atoms with van der Waals surface area (Å²) >= 11 is 8.65. The zero-order valence-corrected chi connectivity index (χ0v) is 15.9. The number of nitrogens with zero attached hydrogens (tertiary/aromatic N) is 3. The van der Waals surface area contributed by atoms with Crippen molar-refractivity contribution in [1.82, 2.24) is 14.9 Å². The van der Waals surface area contributed by atoms with Crippen LogP contribution in [0.4, 0.5) is 9.18 Å². The second-order valence-corrected chi connectivity index (χ2v) is 8.18. The molecule has 1 amide bonds. The average Bonchev–Trinajstić information content (AvgIpc) is 2.99. The van der Waals surface area contributed by atoms with E-state index in [-0.39, 0.29) is 6.54 Å². The van der Waals surface area contributed by atoms with Crippen LogP contribution in [-0.2, 0) is 6.54 Å². The van der Waals surface area contributed by atoms with Gasteiger partial charge in [-0.05, 0) is 30.3 Å². The van der Waals surface area contributed by atoms with Crippen LogP contribution in [0.2, 0.25) is 5.15 Å². The van der Waals surface area contributed by atoms with Crippen molar-refractivity contribution in [3.8, 4) is 11.1 Å². The third kappa shape index (κ3) is 4.32. The van der Waals surface area contributed by atoms with Gasteiger partial charge in [0, 0.05) is 40.3 Å². The lowest BCUT2D eigenvalue weighted by Crippen LogP contribution is -2.23. The molecule has 3 heterocycles. The second-order valence-electron chi connectivity index (χ2n) is 5.31. The van der Waals surface area contributed by atoms with E-state index in [4.69, 9.17) is 16.7 Å². The Labute approximate surface area is 162 Å². The predicted molar refractivity (Wildman–Crippen MR) is 100 cm³/mol. The number of halogens is 2. The molecule has 0 aliphatic carbocycles. The highest BCUT2D eigenvalue weighted by atomic mass is 35.5. The van der Waals surface area contributed by atoms with Crippen LogP contribution in [0.5, 0.6) is 0 Å². The van der Waals surface area contributed by atoms with E-state index in [1.165, 1.54) is 41.2 Å². The van der Waals surface area contributed by atoms with Crippen molar-refractivity contribution in [1.29, 1.82) is 0 Å². The van der Waals surface area contributed by atoms with E-state index in [9.17, 15) is 9.18 Å². The van der Waals surface area contributed by atoms with Crippen LogP contribution in [-0.4, -0.2) is 33.1 Å². The maximum absolute atomic E-state index is 14.2. The Bertz CT molecular complexity index is 934. The van der Waals surface area contributed by atoms with E-state index in [0.717, 1.165) is 14.0 Å². The maximum Gasteiger partial charge on any atom is 0.407 e. The zero-order valence-electron chi connectivity index (χ0n) is 13.5. The van der Waals surface area contributed by atoms with Gasteiger partial charge in [-0.2, -0.15) is 4.39 Å². The first-order valence-electron chi connectivity index (χ1n) is 7.41. The molecule has 0 atom stereocenters. The summed E-state index contributed by atoms with van der Waals surface area (Å²) in [5.41, 5.74) is 1.05. The molecule has 3 rings (SSSR count). The highest BCUT2D eigenvalue weighted by molar-refractivity contribution is 8.01. The molecule has 0 aliphatic rings. The number of hydrogen-bond acceptors (Lipinski definition) is 5. The van der Waals surface area contributed by atoms with Crippen molar-refractivity contribution in [2.24, 2.45) is 0 Å². The van der Waals surface area contributed by atoms with Gasteiger partial charge in [0.2, 0.25) is 5.95 Å². The Balaban J connectivity index is 1.99. The average molecular weight is 410 g/mol. The highest BCUT2D eigenvalue weighted by Crippen LogP contribution is 2.42. The van der Waals surface area contributed by atoms with Crippen molar-refractivity contribution in [3.63, 3.8) is 0 Å². The molecule has 3 aromatic rings. The molecule has 0 radical (unpaired) electrons. The van der Waals surface area contributed by atoms with Gasteiger partial charge in [0.25, 0.3) is 0 Å². The Morgan fingerprint density at radius 1 is 1.35 bits per heavy atom. The van der Waals surface area contributed by atoms with Gasteiger partial charge in [-0.3, -0.25) is 0 Å². The third-order valence-corrected chi connectivity index (χ3v) is 5.95. The smallest absolute Gasteiger partial charge is 0.407 e. The minimum absolute atomic E-state index is 0.217. The van der Waals surface area contributed by atoms with E-state index in [0.29, 0.717) is 16.3 Å². The van der Waals surface area contributed by atoms with Crippen LogP contribution in [0.1, 0.15) is 4.88 Å². The molecule has 0 saturated carbocycles. The van der Waals surface area contributed by atoms with Gasteiger partial charge in [-0.25, -0.2) is 14.8 Å². The topological polar surface area (TPSA) is 66.3 Å². The monoisotopic (exact) mass is 409 g/mol. The molecule has 26 heavy (non-hydrogen) atoms. The standard InChI is InChI=1S/C17H13ClFN3O2S2/c1-22(17(23)24)9-11-7-13(12-3-2-6-20-15(12)19)16(26-11)25-10-4-5-14(18)21-8-10/h2-8H,9H2,1H3,(H,23,24). The van der Waals surface area contributed by atoms with E-state index in [1.807, 2.05) is 6.07 Å². The molecule has 1 N–H and O–H groups in total. The molecule has 134 valence electrons. The van der Waals surface area contributed by atoms with Gasteiger partial charge >= 0.3 is 6.09 Å². The molecule has 0 fully saturated rings. The quantitative estimate of drug-likeness (QED) is 0.582. The molecular weight excluding hydrogens is 397 g/mol.